The Kier molecular flexibility index (Phi) is 7.75. The predicted octanol–water partition coefficient (Wildman–Crippen LogP) is 7.15. The molecule has 5 rings (SSSR count). The normalized spacial score (nSPS) is 15.6. The van der Waals surface area contributed by atoms with Crippen LogP contribution in [-0.2, 0) is 17.9 Å². The molecule has 190 valence electrons. The van der Waals surface area contributed by atoms with E-state index in [0.29, 0.717) is 49.1 Å². The van der Waals surface area contributed by atoms with Crippen LogP contribution in [0.1, 0.15) is 16.7 Å². The molecule has 0 unspecified atom stereocenters. The van der Waals surface area contributed by atoms with Gasteiger partial charge in [-0.25, -0.2) is 0 Å². The third-order valence-electron chi connectivity index (χ3n) is 5.62. The maximum atomic E-state index is 13.1. The van der Waals surface area contributed by atoms with Crippen LogP contribution in [0.3, 0.4) is 0 Å². The molecule has 1 fully saturated rings. The monoisotopic (exact) mass is 669 g/mol. The van der Waals surface area contributed by atoms with Crippen LogP contribution >= 0.6 is 57.6 Å². The van der Waals surface area contributed by atoms with Crippen molar-refractivity contribution in [3.8, 4) is 23.0 Å². The second kappa shape index (κ2) is 11.0. The van der Waals surface area contributed by atoms with Gasteiger partial charge in [-0.05, 0) is 75.8 Å². The van der Waals surface area contributed by atoms with Gasteiger partial charge in [0.2, 0.25) is 6.79 Å². The largest absolute Gasteiger partial charge is 0.493 e. The predicted molar refractivity (Wildman–Crippen MR) is 151 cm³/mol. The summed E-state index contributed by atoms with van der Waals surface area (Å²) in [7, 11) is 1.54. The number of benzene rings is 3. The minimum Gasteiger partial charge on any atom is -0.493 e. The van der Waals surface area contributed by atoms with E-state index < -0.39 is 5.91 Å². The van der Waals surface area contributed by atoms with Gasteiger partial charge in [-0.15, -0.1) is 0 Å². The Hall–Kier alpha value is -2.60. The van der Waals surface area contributed by atoms with Crippen molar-refractivity contribution in [2.75, 3.05) is 13.9 Å². The zero-order valence-corrected chi connectivity index (χ0v) is 23.7. The Morgan fingerprint density at radius 3 is 2.57 bits per heavy atom. The Labute approximate surface area is 240 Å². The van der Waals surface area contributed by atoms with Crippen molar-refractivity contribution in [2.24, 2.45) is 0 Å². The van der Waals surface area contributed by atoms with Gasteiger partial charge < -0.3 is 18.9 Å². The second-order valence-corrected chi connectivity index (χ2v) is 10.9. The molecule has 2 aliphatic heterocycles. The van der Waals surface area contributed by atoms with Crippen LogP contribution in [0.15, 0.2) is 53.4 Å². The summed E-state index contributed by atoms with van der Waals surface area (Å²) in [5.41, 5.74) is 2.13. The van der Waals surface area contributed by atoms with Crippen molar-refractivity contribution in [1.82, 2.24) is 4.90 Å². The topological polar surface area (TPSA) is 74.3 Å². The van der Waals surface area contributed by atoms with Gasteiger partial charge in [0.1, 0.15) is 6.61 Å². The number of hydrogen-bond donors (Lipinski definition) is 0. The highest BCUT2D eigenvalue weighted by Gasteiger charge is 2.36. The van der Waals surface area contributed by atoms with Crippen LogP contribution in [-0.4, -0.2) is 29.9 Å². The van der Waals surface area contributed by atoms with Gasteiger partial charge in [0, 0.05) is 21.7 Å². The summed E-state index contributed by atoms with van der Waals surface area (Å²) in [6.07, 6.45) is 1.66. The molecule has 0 saturated carbocycles. The Morgan fingerprint density at radius 2 is 1.81 bits per heavy atom. The van der Waals surface area contributed by atoms with Crippen LogP contribution in [0.2, 0.25) is 10.0 Å². The highest BCUT2D eigenvalue weighted by atomic mass is 127. The van der Waals surface area contributed by atoms with E-state index in [1.165, 1.54) is 0 Å². The van der Waals surface area contributed by atoms with E-state index >= 15 is 0 Å². The summed E-state index contributed by atoms with van der Waals surface area (Å²) in [6, 6.07) is 14.4. The first-order valence-corrected chi connectivity index (χ1v) is 13.6. The number of rotatable bonds is 7. The lowest BCUT2D eigenvalue weighted by Gasteiger charge is -2.15. The van der Waals surface area contributed by atoms with Crippen molar-refractivity contribution in [3.05, 3.63) is 83.7 Å². The lowest BCUT2D eigenvalue weighted by molar-refractivity contribution is -0.123. The molecule has 1 saturated heterocycles. The highest BCUT2D eigenvalue weighted by Crippen LogP contribution is 2.40. The standard InChI is InChI=1S/C26H18Cl2INO6S/c1-33-22-7-14(6-19(29)24(22)34-12-15-4-2-3-5-17(15)27)8-23-25(31)30(26(32)37-23)11-16-9-20-21(10-18(16)28)36-13-35-20/h2-10H,11-13H2,1H3/b23-8-. The van der Waals surface area contributed by atoms with E-state index in [0.717, 1.165) is 25.8 Å². The fraction of sp³-hybridized carbons (Fsp3) is 0.154. The van der Waals surface area contributed by atoms with Crippen LogP contribution in [0, 0.1) is 3.57 Å². The SMILES string of the molecule is COc1cc(/C=C2\SC(=O)N(Cc3cc4c(cc3Cl)OCO4)C2=O)cc(I)c1OCc1ccccc1Cl. The highest BCUT2D eigenvalue weighted by molar-refractivity contribution is 14.1. The van der Waals surface area contributed by atoms with Crippen molar-refractivity contribution < 1.29 is 28.5 Å². The maximum absolute atomic E-state index is 13.1. The average molecular weight is 670 g/mol. The van der Waals surface area contributed by atoms with Crippen LogP contribution in [0.25, 0.3) is 6.08 Å². The van der Waals surface area contributed by atoms with Crippen molar-refractivity contribution in [2.45, 2.75) is 13.2 Å². The Morgan fingerprint density at radius 1 is 1.05 bits per heavy atom. The first kappa shape index (κ1) is 26.0. The fourth-order valence-corrected chi connectivity index (χ4v) is 5.79. The molecular weight excluding hydrogens is 652 g/mol. The number of nitrogens with zero attached hydrogens (tertiary/aromatic N) is 1. The van der Waals surface area contributed by atoms with Crippen LogP contribution in [0.4, 0.5) is 4.79 Å². The molecule has 0 radical (unpaired) electrons. The molecule has 0 N–H and O–H groups in total. The second-order valence-electron chi connectivity index (χ2n) is 7.98. The smallest absolute Gasteiger partial charge is 0.293 e. The summed E-state index contributed by atoms with van der Waals surface area (Å²) in [6.45, 7) is 0.394. The lowest BCUT2D eigenvalue weighted by atomic mass is 10.1. The number of amides is 2. The molecule has 3 aromatic carbocycles. The number of carbonyl (C=O) groups is 2. The van der Waals surface area contributed by atoms with Crippen molar-refractivity contribution in [3.63, 3.8) is 0 Å². The zero-order valence-electron chi connectivity index (χ0n) is 19.3. The molecule has 2 heterocycles. The summed E-state index contributed by atoms with van der Waals surface area (Å²) in [5.74, 6) is 1.71. The molecule has 0 aliphatic carbocycles. The van der Waals surface area contributed by atoms with Gasteiger partial charge in [-0.3, -0.25) is 14.5 Å². The third-order valence-corrected chi connectivity index (χ3v) is 8.05. The molecule has 2 amide bonds. The third kappa shape index (κ3) is 5.50. The summed E-state index contributed by atoms with van der Waals surface area (Å²) in [5, 5.41) is 0.621. The van der Waals surface area contributed by atoms with E-state index in [1.54, 1.807) is 37.5 Å². The van der Waals surface area contributed by atoms with Gasteiger partial charge in [0.05, 0.1) is 22.1 Å². The number of halogens is 3. The molecule has 3 aromatic rings. The van der Waals surface area contributed by atoms with Gasteiger partial charge in [0.15, 0.2) is 23.0 Å². The van der Waals surface area contributed by atoms with Crippen LogP contribution < -0.4 is 18.9 Å². The fourth-order valence-electron chi connectivity index (χ4n) is 3.77. The number of ether oxygens (including phenoxy) is 4. The lowest BCUT2D eigenvalue weighted by Crippen LogP contribution is -2.27. The molecule has 0 spiro atoms. The van der Waals surface area contributed by atoms with E-state index in [1.807, 2.05) is 24.3 Å². The van der Waals surface area contributed by atoms with E-state index in [-0.39, 0.29) is 25.2 Å². The van der Waals surface area contributed by atoms with Gasteiger partial charge in [-0.1, -0.05) is 41.4 Å². The molecule has 7 nitrogen and oxygen atoms in total. The Balaban J connectivity index is 1.35. The number of methoxy groups -OCH3 is 1. The summed E-state index contributed by atoms with van der Waals surface area (Å²) >= 11 is 15.6. The summed E-state index contributed by atoms with van der Waals surface area (Å²) in [4.78, 5) is 27.3. The molecule has 0 bridgehead atoms. The van der Waals surface area contributed by atoms with E-state index in [2.05, 4.69) is 22.6 Å². The molecule has 37 heavy (non-hydrogen) atoms. The molecule has 0 aromatic heterocycles. The van der Waals surface area contributed by atoms with Gasteiger partial charge in [-0.2, -0.15) is 0 Å². The van der Waals surface area contributed by atoms with E-state index in [9.17, 15) is 9.59 Å². The summed E-state index contributed by atoms with van der Waals surface area (Å²) < 4.78 is 23.0. The van der Waals surface area contributed by atoms with Crippen LogP contribution in [0.5, 0.6) is 23.0 Å². The number of fused-ring (bicyclic) bond motifs is 1. The van der Waals surface area contributed by atoms with Gasteiger partial charge >= 0.3 is 0 Å². The Bertz CT molecular complexity index is 1450. The van der Waals surface area contributed by atoms with Gasteiger partial charge in [0.25, 0.3) is 11.1 Å². The number of thioether (sulfide) groups is 1. The first-order chi connectivity index (χ1) is 17.8. The molecule has 0 atom stereocenters. The quantitative estimate of drug-likeness (QED) is 0.195. The minimum absolute atomic E-state index is 0.0210. The van der Waals surface area contributed by atoms with Crippen molar-refractivity contribution >= 4 is 74.8 Å². The first-order valence-electron chi connectivity index (χ1n) is 10.9. The molecular formula is C26H18Cl2INO6S. The average Bonchev–Trinajstić information content (AvgIpc) is 3.43. The minimum atomic E-state index is -0.406. The molecule has 11 heteroatoms. The molecule has 2 aliphatic rings. The maximum Gasteiger partial charge on any atom is 0.293 e. The number of carbonyl (C=O) groups excluding carboxylic acids is 2. The number of hydrogen-bond acceptors (Lipinski definition) is 7. The zero-order chi connectivity index (χ0) is 26.1. The van der Waals surface area contributed by atoms with Crippen molar-refractivity contribution in [1.29, 1.82) is 0 Å². The van der Waals surface area contributed by atoms with E-state index in [4.69, 9.17) is 42.1 Å². The number of imide groups is 1.